The van der Waals surface area contributed by atoms with Gasteiger partial charge >= 0.3 is 0 Å². The standard InChI is InChI=1S/C13H23N3OS/c1-18-5-4-10(14)13(17)16-11-2-3-12(16)9-7-15-6-8(9)11/h8-12,15H,2-7,14H2,1H3/t8-,9+,10-,11-,12+/m0/s1. The highest BCUT2D eigenvalue weighted by molar-refractivity contribution is 7.98. The zero-order valence-electron chi connectivity index (χ0n) is 11.0. The average Bonchev–Trinajstić information content (AvgIpc) is 3.04. The maximum atomic E-state index is 12.5. The molecule has 3 fully saturated rings. The highest BCUT2D eigenvalue weighted by Gasteiger charge is 2.56. The minimum atomic E-state index is -0.285. The second kappa shape index (κ2) is 5.02. The molecule has 4 nitrogen and oxygen atoms in total. The number of nitrogens with two attached hydrogens (primary N) is 1. The molecule has 3 heterocycles. The highest BCUT2D eigenvalue weighted by Crippen LogP contribution is 2.47. The van der Waals surface area contributed by atoms with Crippen LogP contribution in [0.25, 0.3) is 0 Å². The van der Waals surface area contributed by atoms with Gasteiger partial charge in [-0.25, -0.2) is 0 Å². The number of nitrogens with one attached hydrogen (secondary N) is 1. The van der Waals surface area contributed by atoms with Gasteiger partial charge in [-0.3, -0.25) is 4.79 Å². The summed E-state index contributed by atoms with van der Waals surface area (Å²) in [7, 11) is 0. The zero-order valence-corrected chi connectivity index (χ0v) is 11.8. The fraction of sp³-hybridized carbons (Fsp3) is 0.923. The summed E-state index contributed by atoms with van der Waals surface area (Å²) in [5.74, 6) is 2.58. The molecule has 0 aromatic rings. The predicted octanol–water partition coefficient (Wildman–Crippen LogP) is 0.276. The number of nitrogens with zero attached hydrogens (tertiary/aromatic N) is 1. The molecule has 1 amide bonds. The van der Waals surface area contributed by atoms with Gasteiger partial charge in [-0.05, 0) is 43.1 Å². The van der Waals surface area contributed by atoms with Crippen LogP contribution in [0.3, 0.4) is 0 Å². The van der Waals surface area contributed by atoms with Gasteiger partial charge < -0.3 is 16.0 Å². The molecule has 5 heteroatoms. The third-order valence-corrected chi connectivity index (χ3v) is 5.62. The van der Waals surface area contributed by atoms with E-state index in [1.54, 1.807) is 11.8 Å². The molecule has 0 spiro atoms. The van der Waals surface area contributed by atoms with Crippen LogP contribution in [0.1, 0.15) is 19.3 Å². The number of hydrogen-bond donors (Lipinski definition) is 2. The number of amides is 1. The summed E-state index contributed by atoms with van der Waals surface area (Å²) in [5.41, 5.74) is 6.07. The van der Waals surface area contributed by atoms with Crippen molar-refractivity contribution in [2.45, 2.75) is 37.4 Å². The molecular formula is C13H23N3OS. The lowest BCUT2D eigenvalue weighted by atomic mass is 9.82. The molecule has 3 saturated heterocycles. The minimum Gasteiger partial charge on any atom is -0.335 e. The summed E-state index contributed by atoms with van der Waals surface area (Å²) in [6.45, 7) is 2.19. The number of fused-ring (bicyclic) bond motifs is 5. The summed E-state index contributed by atoms with van der Waals surface area (Å²) >= 11 is 1.76. The topological polar surface area (TPSA) is 58.4 Å². The van der Waals surface area contributed by atoms with Gasteiger partial charge in [-0.1, -0.05) is 0 Å². The summed E-state index contributed by atoms with van der Waals surface area (Å²) < 4.78 is 0. The van der Waals surface area contributed by atoms with Crippen LogP contribution in [0, 0.1) is 11.8 Å². The van der Waals surface area contributed by atoms with Gasteiger partial charge in [0.1, 0.15) is 0 Å². The number of thioether (sulfide) groups is 1. The second-order valence-corrected chi connectivity index (χ2v) is 6.82. The first-order chi connectivity index (χ1) is 8.74. The van der Waals surface area contributed by atoms with Crippen molar-refractivity contribution in [2.24, 2.45) is 17.6 Å². The van der Waals surface area contributed by atoms with E-state index >= 15 is 0 Å². The first kappa shape index (κ1) is 12.8. The van der Waals surface area contributed by atoms with Crippen LogP contribution in [0.2, 0.25) is 0 Å². The maximum Gasteiger partial charge on any atom is 0.240 e. The van der Waals surface area contributed by atoms with Crippen molar-refractivity contribution in [3.63, 3.8) is 0 Å². The van der Waals surface area contributed by atoms with Crippen molar-refractivity contribution in [1.29, 1.82) is 0 Å². The van der Waals surface area contributed by atoms with E-state index < -0.39 is 0 Å². The third-order valence-electron chi connectivity index (χ3n) is 4.98. The number of carbonyl (C=O) groups excluding carboxylic acids is 1. The Balaban J connectivity index is 1.68. The van der Waals surface area contributed by atoms with Crippen LogP contribution in [0.5, 0.6) is 0 Å². The van der Waals surface area contributed by atoms with Gasteiger partial charge in [0.25, 0.3) is 0 Å². The third kappa shape index (κ3) is 1.87. The molecule has 18 heavy (non-hydrogen) atoms. The lowest BCUT2D eigenvalue weighted by molar-refractivity contribution is -0.134. The zero-order chi connectivity index (χ0) is 12.7. The fourth-order valence-electron chi connectivity index (χ4n) is 4.16. The normalized spacial score (nSPS) is 39.1. The maximum absolute atomic E-state index is 12.5. The van der Waals surface area contributed by atoms with Crippen LogP contribution in [0.15, 0.2) is 0 Å². The minimum absolute atomic E-state index is 0.214. The van der Waals surface area contributed by atoms with Gasteiger partial charge in [-0.2, -0.15) is 11.8 Å². The Hall–Kier alpha value is -0.260. The largest absolute Gasteiger partial charge is 0.335 e. The van der Waals surface area contributed by atoms with E-state index in [0.29, 0.717) is 23.9 Å². The highest BCUT2D eigenvalue weighted by atomic mass is 32.2. The Morgan fingerprint density at radius 1 is 1.39 bits per heavy atom. The van der Waals surface area contributed by atoms with E-state index in [0.717, 1.165) is 25.3 Å². The molecule has 2 bridgehead atoms. The van der Waals surface area contributed by atoms with E-state index in [9.17, 15) is 4.79 Å². The quantitative estimate of drug-likeness (QED) is 0.769. The van der Waals surface area contributed by atoms with E-state index in [4.69, 9.17) is 5.73 Å². The van der Waals surface area contributed by atoms with E-state index in [1.165, 1.54) is 12.8 Å². The monoisotopic (exact) mass is 269 g/mol. The van der Waals surface area contributed by atoms with E-state index in [-0.39, 0.29) is 11.9 Å². The molecule has 3 aliphatic heterocycles. The van der Waals surface area contributed by atoms with Crippen LogP contribution in [-0.2, 0) is 4.79 Å². The number of carbonyl (C=O) groups is 1. The SMILES string of the molecule is CSCC[C@H](N)C(=O)N1[C@@H]2CC[C@H]1[C@H]1CNC[C@H]12. The summed E-state index contributed by atoms with van der Waals surface area (Å²) in [5, 5.41) is 3.48. The van der Waals surface area contributed by atoms with Crippen LogP contribution in [-0.4, -0.2) is 54.0 Å². The lowest BCUT2D eigenvalue weighted by Gasteiger charge is -2.27. The Kier molecular flexibility index (Phi) is 3.56. The smallest absolute Gasteiger partial charge is 0.240 e. The number of hydrogen-bond acceptors (Lipinski definition) is 4. The summed E-state index contributed by atoms with van der Waals surface area (Å²) in [4.78, 5) is 14.7. The van der Waals surface area contributed by atoms with Crippen molar-refractivity contribution in [3.8, 4) is 0 Å². The Bertz CT molecular complexity index is 320. The fourth-order valence-corrected chi connectivity index (χ4v) is 4.64. The van der Waals surface area contributed by atoms with Crippen LogP contribution < -0.4 is 11.1 Å². The van der Waals surface area contributed by atoms with Crippen molar-refractivity contribution in [3.05, 3.63) is 0 Å². The Labute approximate surface area is 113 Å². The molecule has 3 rings (SSSR count). The van der Waals surface area contributed by atoms with Gasteiger partial charge in [0.15, 0.2) is 0 Å². The summed E-state index contributed by atoms with van der Waals surface area (Å²) in [6, 6.07) is 0.665. The van der Waals surface area contributed by atoms with Gasteiger partial charge in [0.05, 0.1) is 6.04 Å². The van der Waals surface area contributed by atoms with Crippen molar-refractivity contribution >= 4 is 17.7 Å². The van der Waals surface area contributed by atoms with E-state index in [2.05, 4.69) is 16.5 Å². The first-order valence-corrected chi connectivity index (χ1v) is 8.41. The van der Waals surface area contributed by atoms with Gasteiger partial charge in [-0.15, -0.1) is 0 Å². The van der Waals surface area contributed by atoms with Crippen molar-refractivity contribution in [2.75, 3.05) is 25.1 Å². The molecule has 0 aromatic heterocycles. The van der Waals surface area contributed by atoms with Gasteiger partial charge in [0, 0.05) is 25.2 Å². The molecule has 3 N–H and O–H groups in total. The molecule has 0 saturated carbocycles. The Morgan fingerprint density at radius 3 is 2.56 bits per heavy atom. The molecule has 3 aliphatic rings. The molecule has 102 valence electrons. The molecule has 0 aliphatic carbocycles. The molecule has 0 unspecified atom stereocenters. The molecular weight excluding hydrogens is 246 g/mol. The van der Waals surface area contributed by atoms with Crippen LogP contribution in [0.4, 0.5) is 0 Å². The molecule has 0 radical (unpaired) electrons. The number of rotatable bonds is 4. The van der Waals surface area contributed by atoms with Crippen LogP contribution >= 0.6 is 11.8 Å². The summed E-state index contributed by atoms with van der Waals surface area (Å²) in [6.07, 6.45) is 5.25. The molecule has 0 aromatic carbocycles. The van der Waals surface area contributed by atoms with Gasteiger partial charge in [0.2, 0.25) is 5.91 Å². The lowest BCUT2D eigenvalue weighted by Crippen LogP contribution is -2.48. The van der Waals surface area contributed by atoms with E-state index in [1.807, 2.05) is 0 Å². The Morgan fingerprint density at radius 2 is 2.00 bits per heavy atom. The average molecular weight is 269 g/mol. The molecule has 5 atom stereocenters. The predicted molar refractivity (Wildman–Crippen MR) is 74.5 cm³/mol. The van der Waals surface area contributed by atoms with Crippen molar-refractivity contribution < 1.29 is 4.79 Å². The first-order valence-electron chi connectivity index (χ1n) is 7.01. The van der Waals surface area contributed by atoms with Crippen molar-refractivity contribution in [1.82, 2.24) is 10.2 Å². The second-order valence-electron chi connectivity index (χ2n) is 5.83.